The van der Waals surface area contributed by atoms with Crippen LogP contribution in [0.4, 0.5) is 0 Å². The minimum absolute atomic E-state index is 0.0999. The van der Waals surface area contributed by atoms with Crippen LogP contribution in [0, 0.1) is 0 Å². The fourth-order valence-electron chi connectivity index (χ4n) is 9.51. The zero-order chi connectivity index (χ0) is 36.3. The van der Waals surface area contributed by atoms with Gasteiger partial charge in [0.15, 0.2) is 5.82 Å². The van der Waals surface area contributed by atoms with Crippen LogP contribution in [0.5, 0.6) is 0 Å². The molecule has 0 saturated heterocycles. The number of hydrogen-bond donors (Lipinski definition) is 0. The van der Waals surface area contributed by atoms with Gasteiger partial charge in [-0.3, -0.25) is 0 Å². The van der Waals surface area contributed by atoms with Crippen LogP contribution in [0.25, 0.3) is 87.5 Å². The van der Waals surface area contributed by atoms with Crippen molar-refractivity contribution >= 4 is 31.5 Å². The number of fused-ring (bicyclic) bond motifs is 8. The smallest absolute Gasteiger partial charge is 0.160 e. The first-order valence-electron chi connectivity index (χ1n) is 19.5. The summed E-state index contributed by atoms with van der Waals surface area (Å²) < 4.78 is 2.60. The highest BCUT2D eigenvalue weighted by atomic mass is 32.1. The molecule has 0 aliphatic heterocycles. The Labute approximate surface area is 325 Å². The maximum atomic E-state index is 5.20. The molecular weight excluding hydrogens is 685 g/mol. The fourth-order valence-corrected chi connectivity index (χ4v) is 10.6. The van der Waals surface area contributed by atoms with Crippen LogP contribution in [0.1, 0.15) is 43.2 Å². The Morgan fingerprint density at radius 1 is 0.400 bits per heavy atom. The molecule has 7 aromatic carbocycles. The number of rotatable bonds is 5. The summed E-state index contributed by atoms with van der Waals surface area (Å²) in [7, 11) is 0. The van der Waals surface area contributed by atoms with Crippen molar-refractivity contribution in [2.24, 2.45) is 0 Å². The van der Waals surface area contributed by atoms with E-state index in [1.54, 1.807) is 5.56 Å². The molecule has 0 atom stereocenters. The van der Waals surface area contributed by atoms with E-state index in [1.807, 2.05) is 17.4 Å². The molecule has 1 saturated carbocycles. The fraction of sp³-hybridized carbons (Fsp3) is 0.115. The van der Waals surface area contributed by atoms with Gasteiger partial charge in [-0.15, -0.1) is 11.3 Å². The highest BCUT2D eigenvalue weighted by molar-refractivity contribution is 7.25. The molecule has 2 nitrogen and oxygen atoms in total. The van der Waals surface area contributed by atoms with Crippen molar-refractivity contribution in [1.82, 2.24) is 9.97 Å². The highest BCUT2D eigenvalue weighted by Crippen LogP contribution is 2.58. The van der Waals surface area contributed by atoms with Gasteiger partial charge in [-0.2, -0.15) is 0 Å². The molecule has 9 aromatic rings. The van der Waals surface area contributed by atoms with Gasteiger partial charge < -0.3 is 0 Å². The molecule has 1 spiro atoms. The molecule has 2 heterocycles. The maximum Gasteiger partial charge on any atom is 0.160 e. The quantitative estimate of drug-likeness (QED) is 0.177. The van der Waals surface area contributed by atoms with Crippen LogP contribution in [0.2, 0.25) is 0 Å². The van der Waals surface area contributed by atoms with E-state index in [1.165, 1.54) is 91.2 Å². The second-order valence-electron chi connectivity index (χ2n) is 15.2. The highest BCUT2D eigenvalue weighted by Gasteiger charge is 2.45. The van der Waals surface area contributed by atoms with Gasteiger partial charge in [0, 0.05) is 42.3 Å². The third kappa shape index (κ3) is 5.37. The van der Waals surface area contributed by atoms with Crippen molar-refractivity contribution in [2.45, 2.75) is 37.5 Å². The van der Waals surface area contributed by atoms with E-state index >= 15 is 0 Å². The Morgan fingerprint density at radius 2 is 0.945 bits per heavy atom. The Hall–Kier alpha value is -6.16. The van der Waals surface area contributed by atoms with Crippen LogP contribution >= 0.6 is 11.3 Å². The van der Waals surface area contributed by atoms with Crippen molar-refractivity contribution in [3.63, 3.8) is 0 Å². The van der Waals surface area contributed by atoms with Gasteiger partial charge in [0.1, 0.15) is 0 Å². The van der Waals surface area contributed by atoms with E-state index in [0.29, 0.717) is 0 Å². The molecule has 0 amide bonds. The molecule has 0 radical (unpaired) electrons. The van der Waals surface area contributed by atoms with Crippen LogP contribution in [0.15, 0.2) is 170 Å². The first-order chi connectivity index (χ1) is 27.2. The summed E-state index contributed by atoms with van der Waals surface area (Å²) in [5.41, 5.74) is 16.1. The Bertz CT molecular complexity index is 2880. The number of aromatic nitrogens is 2. The van der Waals surface area contributed by atoms with Crippen molar-refractivity contribution in [2.75, 3.05) is 0 Å². The summed E-state index contributed by atoms with van der Waals surface area (Å²) in [5.74, 6) is 0.730. The first-order valence-corrected chi connectivity index (χ1v) is 20.3. The Balaban J connectivity index is 1.04. The van der Waals surface area contributed by atoms with E-state index in [2.05, 4.69) is 164 Å². The van der Waals surface area contributed by atoms with E-state index in [4.69, 9.17) is 9.97 Å². The normalized spacial score (nSPS) is 14.3. The summed E-state index contributed by atoms with van der Waals surface area (Å²) in [6.45, 7) is 0. The average Bonchev–Trinajstić information content (AvgIpc) is 3.76. The van der Waals surface area contributed by atoms with Gasteiger partial charge in [-0.1, -0.05) is 159 Å². The van der Waals surface area contributed by atoms with E-state index in [-0.39, 0.29) is 5.41 Å². The molecule has 55 heavy (non-hydrogen) atoms. The van der Waals surface area contributed by atoms with Crippen LogP contribution < -0.4 is 0 Å². The molecule has 262 valence electrons. The number of benzene rings is 7. The molecular formula is C52H38N2S. The minimum Gasteiger partial charge on any atom is -0.228 e. The van der Waals surface area contributed by atoms with Gasteiger partial charge >= 0.3 is 0 Å². The minimum atomic E-state index is 0.0999. The Kier molecular flexibility index (Phi) is 7.63. The monoisotopic (exact) mass is 722 g/mol. The predicted molar refractivity (Wildman–Crippen MR) is 231 cm³/mol. The summed E-state index contributed by atoms with van der Waals surface area (Å²) in [5, 5.41) is 2.58. The van der Waals surface area contributed by atoms with Crippen LogP contribution in [0.3, 0.4) is 0 Å². The lowest BCUT2D eigenvalue weighted by atomic mass is 9.66. The lowest BCUT2D eigenvalue weighted by Crippen LogP contribution is -2.28. The van der Waals surface area contributed by atoms with Gasteiger partial charge in [0.25, 0.3) is 0 Å². The molecule has 0 unspecified atom stereocenters. The van der Waals surface area contributed by atoms with Gasteiger partial charge in [-0.25, -0.2) is 9.97 Å². The van der Waals surface area contributed by atoms with Crippen LogP contribution in [-0.2, 0) is 5.41 Å². The second-order valence-corrected chi connectivity index (χ2v) is 16.3. The third-order valence-electron chi connectivity index (χ3n) is 12.1. The lowest BCUT2D eigenvalue weighted by Gasteiger charge is -2.37. The number of thiophene rings is 1. The predicted octanol–water partition coefficient (Wildman–Crippen LogP) is 14.4. The SMILES string of the molecule is c1ccc(-c2ccc(-c3cc(-c4ccc5sc6ccc(-c7cccc8c7C7(CCCCC7)c7ccccc7-8)cc6c5c4)nc(-c4ccccc4)n3)cc2)cc1. The van der Waals surface area contributed by atoms with Gasteiger partial charge in [0.05, 0.1) is 11.4 Å². The molecule has 1 fully saturated rings. The van der Waals surface area contributed by atoms with Gasteiger partial charge in [-0.05, 0) is 87.7 Å². The van der Waals surface area contributed by atoms with E-state index in [0.717, 1.165) is 33.9 Å². The Morgan fingerprint density at radius 3 is 1.69 bits per heavy atom. The zero-order valence-electron chi connectivity index (χ0n) is 30.5. The molecule has 3 heteroatoms. The molecule has 2 aliphatic rings. The largest absolute Gasteiger partial charge is 0.228 e. The number of hydrogen-bond acceptors (Lipinski definition) is 3. The molecule has 2 aromatic heterocycles. The van der Waals surface area contributed by atoms with Crippen molar-refractivity contribution in [3.05, 3.63) is 181 Å². The number of nitrogens with zero attached hydrogens (tertiary/aromatic N) is 2. The molecule has 0 bridgehead atoms. The summed E-state index contributed by atoms with van der Waals surface area (Å²) in [6.07, 6.45) is 6.36. The van der Waals surface area contributed by atoms with E-state index < -0.39 is 0 Å². The van der Waals surface area contributed by atoms with E-state index in [9.17, 15) is 0 Å². The molecule has 0 N–H and O–H groups in total. The standard InChI is InChI=1S/C52H38N2S/c1-4-13-34(14-5-1)35-21-23-36(24-22-35)46-33-47(54-51(53-46)37-15-6-2-7-16-37)39-26-28-49-44(32-39)43-31-38(25-27-48(43)55-49)40-18-12-19-42-41-17-8-9-20-45(41)52(50(40)42)29-10-3-11-30-52/h1-2,4-9,12-28,31-33H,3,10-11,29-30H2. The van der Waals surface area contributed by atoms with Gasteiger partial charge in [0.2, 0.25) is 0 Å². The van der Waals surface area contributed by atoms with Crippen molar-refractivity contribution < 1.29 is 0 Å². The maximum absolute atomic E-state index is 5.20. The summed E-state index contributed by atoms with van der Waals surface area (Å²) in [4.78, 5) is 10.3. The second kappa shape index (κ2) is 13.0. The van der Waals surface area contributed by atoms with Crippen molar-refractivity contribution in [1.29, 1.82) is 0 Å². The third-order valence-corrected chi connectivity index (χ3v) is 13.3. The molecule has 11 rings (SSSR count). The summed E-state index contributed by atoms with van der Waals surface area (Å²) in [6, 6.07) is 62.0. The first kappa shape index (κ1) is 32.3. The average molecular weight is 723 g/mol. The van der Waals surface area contributed by atoms with Crippen molar-refractivity contribution in [3.8, 4) is 67.3 Å². The summed E-state index contributed by atoms with van der Waals surface area (Å²) >= 11 is 1.87. The zero-order valence-corrected chi connectivity index (χ0v) is 31.3. The van der Waals surface area contributed by atoms with Crippen LogP contribution in [-0.4, -0.2) is 9.97 Å². The lowest BCUT2D eigenvalue weighted by molar-refractivity contribution is 0.353. The molecule has 2 aliphatic carbocycles. The topological polar surface area (TPSA) is 25.8 Å².